The van der Waals surface area contributed by atoms with Crippen molar-refractivity contribution < 1.29 is 4.74 Å². The van der Waals surface area contributed by atoms with Crippen molar-refractivity contribution in [3.8, 4) is 5.75 Å². The minimum Gasteiger partial charge on any atom is -0.493 e. The van der Waals surface area contributed by atoms with Gasteiger partial charge in [-0.25, -0.2) is 9.97 Å². The van der Waals surface area contributed by atoms with Crippen LogP contribution in [0.5, 0.6) is 5.75 Å². The van der Waals surface area contributed by atoms with E-state index in [1.54, 1.807) is 6.33 Å². The topological polar surface area (TPSA) is 59.1 Å². The van der Waals surface area contributed by atoms with E-state index in [2.05, 4.69) is 48.7 Å². The second-order valence-corrected chi connectivity index (χ2v) is 5.74. The predicted octanol–water partition coefficient (Wildman–Crippen LogP) is 3.22. The molecule has 1 aliphatic heterocycles. The summed E-state index contributed by atoms with van der Waals surface area (Å²) in [6, 6.07) is 6.12. The lowest BCUT2D eigenvalue weighted by atomic mass is 10.1. The number of hydrogen-bond acceptors (Lipinski definition) is 5. The number of anilines is 2. The average molecular weight is 349 g/mol. The quantitative estimate of drug-likeness (QED) is 0.868. The van der Waals surface area contributed by atoms with Gasteiger partial charge in [0.2, 0.25) is 0 Å². The van der Waals surface area contributed by atoms with E-state index in [4.69, 9.17) is 4.74 Å². The van der Waals surface area contributed by atoms with Crippen LogP contribution in [0.4, 0.5) is 11.6 Å². The Kier molecular flexibility index (Phi) is 4.24. The van der Waals surface area contributed by atoms with Gasteiger partial charge in [-0.15, -0.1) is 0 Å². The molecular formula is C15H17BrN4O. The van der Waals surface area contributed by atoms with E-state index in [0.717, 1.165) is 47.0 Å². The third kappa shape index (κ3) is 3.26. The zero-order valence-electron chi connectivity index (χ0n) is 11.8. The molecule has 2 heterocycles. The van der Waals surface area contributed by atoms with Gasteiger partial charge in [0.15, 0.2) is 0 Å². The molecule has 0 fully saturated rings. The molecule has 0 saturated heterocycles. The average Bonchev–Trinajstić information content (AvgIpc) is 2.93. The highest BCUT2D eigenvalue weighted by Gasteiger charge is 2.17. The second-order valence-electron chi connectivity index (χ2n) is 4.82. The third-order valence-electron chi connectivity index (χ3n) is 3.31. The molecule has 3 rings (SSSR count). The van der Waals surface area contributed by atoms with Gasteiger partial charge in [-0.3, -0.25) is 0 Å². The molecule has 0 atom stereocenters. The fraction of sp³-hybridized carbons (Fsp3) is 0.333. The van der Waals surface area contributed by atoms with Gasteiger partial charge >= 0.3 is 0 Å². The van der Waals surface area contributed by atoms with Crippen molar-refractivity contribution in [1.82, 2.24) is 9.97 Å². The van der Waals surface area contributed by atoms with Gasteiger partial charge in [-0.1, -0.05) is 15.9 Å². The lowest BCUT2D eigenvalue weighted by molar-refractivity contribution is 0.354. The van der Waals surface area contributed by atoms with E-state index in [0.29, 0.717) is 6.54 Å². The van der Waals surface area contributed by atoms with Crippen molar-refractivity contribution in [2.75, 3.05) is 23.8 Å². The second kappa shape index (κ2) is 6.30. The molecule has 1 aliphatic rings. The first-order valence-electron chi connectivity index (χ1n) is 7.00. The van der Waals surface area contributed by atoms with Crippen molar-refractivity contribution in [2.24, 2.45) is 0 Å². The predicted molar refractivity (Wildman–Crippen MR) is 86.9 cm³/mol. The number of benzene rings is 1. The molecule has 110 valence electrons. The van der Waals surface area contributed by atoms with Crippen LogP contribution in [0.1, 0.15) is 18.1 Å². The highest BCUT2D eigenvalue weighted by Crippen LogP contribution is 2.33. The number of aromatic nitrogens is 2. The van der Waals surface area contributed by atoms with Crippen molar-refractivity contribution in [1.29, 1.82) is 0 Å². The molecule has 0 amide bonds. The van der Waals surface area contributed by atoms with Gasteiger partial charge < -0.3 is 15.4 Å². The SMILES string of the molecule is CCNc1cc(NCc2cc(Br)cc3c2OCC3)ncn1. The lowest BCUT2D eigenvalue weighted by Gasteiger charge is -2.11. The van der Waals surface area contributed by atoms with Crippen LogP contribution in [0.2, 0.25) is 0 Å². The molecule has 5 nitrogen and oxygen atoms in total. The molecule has 0 bridgehead atoms. The van der Waals surface area contributed by atoms with Gasteiger partial charge in [0, 0.05) is 35.6 Å². The first-order chi connectivity index (χ1) is 10.3. The van der Waals surface area contributed by atoms with Crippen LogP contribution in [0, 0.1) is 0 Å². The van der Waals surface area contributed by atoms with E-state index in [-0.39, 0.29) is 0 Å². The van der Waals surface area contributed by atoms with Gasteiger partial charge in [0.05, 0.1) is 6.61 Å². The molecule has 0 radical (unpaired) electrons. The Morgan fingerprint density at radius 2 is 2.00 bits per heavy atom. The van der Waals surface area contributed by atoms with Crippen LogP contribution in [-0.4, -0.2) is 23.1 Å². The van der Waals surface area contributed by atoms with E-state index in [1.807, 2.05) is 13.0 Å². The first kappa shape index (κ1) is 14.1. The number of nitrogens with zero attached hydrogens (tertiary/aromatic N) is 2. The number of fused-ring (bicyclic) bond motifs is 1. The van der Waals surface area contributed by atoms with Crippen LogP contribution in [0.15, 0.2) is 29.0 Å². The van der Waals surface area contributed by atoms with Crippen molar-refractivity contribution >= 4 is 27.6 Å². The Balaban J connectivity index is 1.75. The highest BCUT2D eigenvalue weighted by atomic mass is 79.9. The Hall–Kier alpha value is -1.82. The summed E-state index contributed by atoms with van der Waals surface area (Å²) < 4.78 is 6.81. The first-order valence-corrected chi connectivity index (χ1v) is 7.79. The largest absolute Gasteiger partial charge is 0.493 e. The number of nitrogens with one attached hydrogen (secondary N) is 2. The maximum Gasteiger partial charge on any atom is 0.131 e. The van der Waals surface area contributed by atoms with E-state index in [9.17, 15) is 0 Å². The van der Waals surface area contributed by atoms with Crippen LogP contribution in [-0.2, 0) is 13.0 Å². The molecule has 2 N–H and O–H groups in total. The fourth-order valence-corrected chi connectivity index (χ4v) is 2.95. The summed E-state index contributed by atoms with van der Waals surface area (Å²) in [5.74, 6) is 2.63. The van der Waals surface area contributed by atoms with Gasteiger partial charge in [-0.05, 0) is 24.6 Å². The summed E-state index contributed by atoms with van der Waals surface area (Å²) in [6.07, 6.45) is 2.53. The van der Waals surface area contributed by atoms with Crippen LogP contribution in [0.3, 0.4) is 0 Å². The molecule has 0 unspecified atom stereocenters. The van der Waals surface area contributed by atoms with Crippen molar-refractivity contribution in [3.05, 3.63) is 40.1 Å². The molecule has 21 heavy (non-hydrogen) atoms. The number of rotatable bonds is 5. The summed E-state index contributed by atoms with van der Waals surface area (Å²) >= 11 is 3.56. The Morgan fingerprint density at radius 1 is 1.19 bits per heavy atom. The van der Waals surface area contributed by atoms with Gasteiger partial charge in [0.25, 0.3) is 0 Å². The smallest absolute Gasteiger partial charge is 0.131 e. The highest BCUT2D eigenvalue weighted by molar-refractivity contribution is 9.10. The molecule has 0 spiro atoms. The monoisotopic (exact) mass is 348 g/mol. The fourth-order valence-electron chi connectivity index (χ4n) is 2.39. The van der Waals surface area contributed by atoms with Gasteiger partial charge in [0.1, 0.15) is 23.7 Å². The van der Waals surface area contributed by atoms with Crippen molar-refractivity contribution in [3.63, 3.8) is 0 Å². The number of hydrogen-bond donors (Lipinski definition) is 2. The molecule has 0 saturated carbocycles. The van der Waals surface area contributed by atoms with E-state index >= 15 is 0 Å². The maximum atomic E-state index is 5.73. The van der Waals surface area contributed by atoms with Gasteiger partial charge in [-0.2, -0.15) is 0 Å². The zero-order valence-corrected chi connectivity index (χ0v) is 13.4. The molecule has 1 aromatic carbocycles. The Morgan fingerprint density at radius 3 is 2.81 bits per heavy atom. The molecule has 1 aromatic heterocycles. The molecular weight excluding hydrogens is 332 g/mol. The standard InChI is InChI=1S/C15H17BrN4O/c1-2-17-13-7-14(20-9-19-13)18-8-11-6-12(16)5-10-3-4-21-15(10)11/h5-7,9H,2-4,8H2,1H3,(H2,17,18,19,20). The number of halogens is 1. The minimum absolute atomic E-state index is 0.671. The Labute approximate surface area is 132 Å². The Bertz CT molecular complexity index is 648. The summed E-state index contributed by atoms with van der Waals surface area (Å²) in [5, 5.41) is 6.50. The molecule has 2 aromatic rings. The minimum atomic E-state index is 0.671. The summed E-state index contributed by atoms with van der Waals surface area (Å²) in [6.45, 7) is 4.31. The summed E-state index contributed by atoms with van der Waals surface area (Å²) in [4.78, 5) is 8.40. The summed E-state index contributed by atoms with van der Waals surface area (Å²) in [7, 11) is 0. The van der Waals surface area contributed by atoms with Crippen LogP contribution >= 0.6 is 15.9 Å². The molecule has 6 heteroatoms. The maximum absolute atomic E-state index is 5.73. The zero-order chi connectivity index (χ0) is 14.7. The summed E-state index contributed by atoms with van der Waals surface area (Å²) in [5.41, 5.74) is 2.40. The number of ether oxygens (including phenoxy) is 1. The van der Waals surface area contributed by atoms with Crippen LogP contribution in [0.25, 0.3) is 0 Å². The normalized spacial score (nSPS) is 12.7. The van der Waals surface area contributed by atoms with E-state index in [1.165, 1.54) is 5.56 Å². The molecule has 0 aliphatic carbocycles. The third-order valence-corrected chi connectivity index (χ3v) is 3.77. The van der Waals surface area contributed by atoms with Crippen molar-refractivity contribution in [2.45, 2.75) is 19.9 Å². The lowest BCUT2D eigenvalue weighted by Crippen LogP contribution is -2.05. The van der Waals surface area contributed by atoms with Crippen LogP contribution < -0.4 is 15.4 Å². The van der Waals surface area contributed by atoms with E-state index < -0.39 is 0 Å².